The number of hydrogen-bond donors (Lipinski definition) is 3. The lowest BCUT2D eigenvalue weighted by atomic mass is 10.5. The van der Waals surface area contributed by atoms with Crippen LogP contribution in [0.25, 0.3) is 0 Å². The maximum absolute atomic E-state index is 10.7. The third-order valence-corrected chi connectivity index (χ3v) is 1.84. The van der Waals surface area contributed by atoms with E-state index in [0.717, 1.165) is 13.0 Å². The summed E-state index contributed by atoms with van der Waals surface area (Å²) in [6, 6.07) is 0.207. The first-order chi connectivity index (χ1) is 8.65. The van der Waals surface area contributed by atoms with Gasteiger partial charge in [-0.15, -0.1) is 0 Å². The van der Waals surface area contributed by atoms with Crippen LogP contribution in [-0.4, -0.2) is 40.6 Å². The second-order valence-corrected chi connectivity index (χ2v) is 3.44. The van der Waals surface area contributed by atoms with Crippen molar-refractivity contribution in [2.45, 2.75) is 20.3 Å². The number of carbonyl (C=O) groups excluding carboxylic acids is 1. The zero-order valence-electron chi connectivity index (χ0n) is 10.6. The van der Waals surface area contributed by atoms with Gasteiger partial charge in [0.2, 0.25) is 17.8 Å². The number of nitrogens with one attached hydrogen (secondary N) is 2. The summed E-state index contributed by atoms with van der Waals surface area (Å²) >= 11 is 0. The number of nitrogens with zero attached hydrogens (tertiary/aromatic N) is 3. The Morgan fingerprint density at radius 1 is 1.22 bits per heavy atom. The first-order valence-corrected chi connectivity index (χ1v) is 5.80. The summed E-state index contributed by atoms with van der Waals surface area (Å²) in [6.45, 7) is 5.02. The molecular formula is C10H18N6O2. The van der Waals surface area contributed by atoms with Gasteiger partial charge in [0.15, 0.2) is 0 Å². The summed E-state index contributed by atoms with van der Waals surface area (Å²) in [6.07, 6.45) is 0.944. The van der Waals surface area contributed by atoms with Crippen LogP contribution in [0.3, 0.4) is 0 Å². The summed E-state index contributed by atoms with van der Waals surface area (Å²) in [5, 5.41) is 5.73. The van der Waals surface area contributed by atoms with E-state index in [-0.39, 0.29) is 18.5 Å². The van der Waals surface area contributed by atoms with E-state index in [1.807, 2.05) is 13.8 Å². The van der Waals surface area contributed by atoms with Crippen LogP contribution in [0, 0.1) is 0 Å². The zero-order valence-corrected chi connectivity index (χ0v) is 10.6. The van der Waals surface area contributed by atoms with Gasteiger partial charge in [0, 0.05) is 6.54 Å². The van der Waals surface area contributed by atoms with Gasteiger partial charge in [-0.25, -0.2) is 0 Å². The van der Waals surface area contributed by atoms with Crippen molar-refractivity contribution in [3.63, 3.8) is 0 Å². The number of ether oxygens (including phenoxy) is 1. The van der Waals surface area contributed by atoms with Crippen LogP contribution in [0.4, 0.5) is 11.9 Å². The van der Waals surface area contributed by atoms with E-state index in [0.29, 0.717) is 12.6 Å². The molecule has 0 saturated heterocycles. The van der Waals surface area contributed by atoms with Crippen molar-refractivity contribution in [3.05, 3.63) is 0 Å². The highest BCUT2D eigenvalue weighted by Gasteiger charge is 2.07. The molecule has 8 heteroatoms. The minimum atomic E-state index is -0.489. The number of aromatic nitrogens is 3. The van der Waals surface area contributed by atoms with Crippen LogP contribution < -0.4 is 21.1 Å². The molecule has 0 radical (unpaired) electrons. The third kappa shape index (κ3) is 4.81. The normalized spacial score (nSPS) is 9.89. The maximum Gasteiger partial charge on any atom is 0.323 e. The SMILES string of the molecule is CCCNc1nc(NCC(N)=O)nc(OCC)n1. The molecule has 0 fully saturated rings. The molecule has 8 nitrogen and oxygen atoms in total. The van der Waals surface area contributed by atoms with E-state index in [1.54, 1.807) is 0 Å². The Morgan fingerprint density at radius 2 is 1.89 bits per heavy atom. The van der Waals surface area contributed by atoms with Gasteiger partial charge in [-0.05, 0) is 13.3 Å². The van der Waals surface area contributed by atoms with Gasteiger partial charge in [-0.1, -0.05) is 6.92 Å². The molecule has 0 unspecified atom stereocenters. The Morgan fingerprint density at radius 3 is 2.44 bits per heavy atom. The lowest BCUT2D eigenvalue weighted by Crippen LogP contribution is -2.23. The van der Waals surface area contributed by atoms with E-state index in [1.165, 1.54) is 0 Å². The second-order valence-electron chi connectivity index (χ2n) is 3.44. The molecule has 1 amide bonds. The molecule has 1 aromatic rings. The first kappa shape index (κ1) is 13.9. The molecule has 0 aliphatic heterocycles. The molecule has 0 saturated carbocycles. The van der Waals surface area contributed by atoms with E-state index >= 15 is 0 Å². The van der Waals surface area contributed by atoms with Gasteiger partial charge in [-0.3, -0.25) is 4.79 Å². The van der Waals surface area contributed by atoms with Crippen molar-refractivity contribution < 1.29 is 9.53 Å². The molecule has 0 atom stereocenters. The summed E-state index contributed by atoms with van der Waals surface area (Å²) in [7, 11) is 0. The Bertz CT molecular complexity index is 398. The van der Waals surface area contributed by atoms with E-state index in [4.69, 9.17) is 10.5 Å². The smallest absolute Gasteiger partial charge is 0.323 e. The van der Waals surface area contributed by atoms with Gasteiger partial charge >= 0.3 is 6.01 Å². The summed E-state index contributed by atoms with van der Waals surface area (Å²) in [5.41, 5.74) is 5.04. The van der Waals surface area contributed by atoms with Gasteiger partial charge in [0.1, 0.15) is 0 Å². The number of anilines is 2. The monoisotopic (exact) mass is 254 g/mol. The maximum atomic E-state index is 10.7. The van der Waals surface area contributed by atoms with Crippen molar-refractivity contribution in [3.8, 4) is 6.01 Å². The number of primary amides is 1. The lowest BCUT2D eigenvalue weighted by Gasteiger charge is -2.08. The highest BCUT2D eigenvalue weighted by molar-refractivity contribution is 5.78. The molecule has 1 aromatic heterocycles. The Hall–Kier alpha value is -2.12. The van der Waals surface area contributed by atoms with Crippen LogP contribution in [0.1, 0.15) is 20.3 Å². The van der Waals surface area contributed by atoms with Crippen LogP contribution in [0.5, 0.6) is 6.01 Å². The summed E-state index contributed by atoms with van der Waals surface area (Å²) < 4.78 is 5.22. The van der Waals surface area contributed by atoms with E-state index in [2.05, 4.69) is 25.6 Å². The molecule has 1 heterocycles. The highest BCUT2D eigenvalue weighted by Crippen LogP contribution is 2.10. The fraction of sp³-hybridized carbons (Fsp3) is 0.600. The quantitative estimate of drug-likeness (QED) is 0.597. The number of nitrogens with two attached hydrogens (primary N) is 1. The van der Waals surface area contributed by atoms with Crippen LogP contribution >= 0.6 is 0 Å². The molecule has 0 aromatic carbocycles. The van der Waals surface area contributed by atoms with Gasteiger partial charge in [-0.2, -0.15) is 15.0 Å². The number of rotatable bonds is 8. The van der Waals surface area contributed by atoms with Gasteiger partial charge < -0.3 is 21.1 Å². The predicted molar refractivity (Wildman–Crippen MR) is 67.5 cm³/mol. The molecule has 1 rings (SSSR count). The number of carbonyl (C=O) groups is 1. The highest BCUT2D eigenvalue weighted by atomic mass is 16.5. The van der Waals surface area contributed by atoms with Crippen LogP contribution in [0.2, 0.25) is 0 Å². The molecule has 100 valence electrons. The zero-order chi connectivity index (χ0) is 13.4. The van der Waals surface area contributed by atoms with E-state index < -0.39 is 5.91 Å². The summed E-state index contributed by atoms with van der Waals surface area (Å²) in [4.78, 5) is 22.9. The topological polar surface area (TPSA) is 115 Å². The first-order valence-electron chi connectivity index (χ1n) is 5.80. The molecule has 18 heavy (non-hydrogen) atoms. The lowest BCUT2D eigenvalue weighted by molar-refractivity contribution is -0.116. The second kappa shape index (κ2) is 7.25. The van der Waals surface area contributed by atoms with Crippen molar-refractivity contribution in [2.24, 2.45) is 5.73 Å². The van der Waals surface area contributed by atoms with Crippen LogP contribution in [0.15, 0.2) is 0 Å². The minimum absolute atomic E-state index is 0.0389. The largest absolute Gasteiger partial charge is 0.464 e. The minimum Gasteiger partial charge on any atom is -0.464 e. The molecule has 0 bridgehead atoms. The van der Waals surface area contributed by atoms with Crippen LogP contribution in [-0.2, 0) is 4.79 Å². The third-order valence-electron chi connectivity index (χ3n) is 1.84. The van der Waals surface area contributed by atoms with Crippen molar-refractivity contribution in [1.82, 2.24) is 15.0 Å². The Balaban J connectivity index is 2.79. The Kier molecular flexibility index (Phi) is 5.62. The molecule has 4 N–H and O–H groups in total. The van der Waals surface area contributed by atoms with Crippen molar-refractivity contribution in [2.75, 3.05) is 30.3 Å². The Labute approximate surface area is 105 Å². The molecule has 0 aliphatic rings. The molecule has 0 spiro atoms. The van der Waals surface area contributed by atoms with Crippen molar-refractivity contribution in [1.29, 1.82) is 0 Å². The fourth-order valence-electron chi connectivity index (χ4n) is 1.11. The average Bonchev–Trinajstić information content (AvgIpc) is 2.34. The van der Waals surface area contributed by atoms with Crippen molar-refractivity contribution >= 4 is 17.8 Å². The standard InChI is InChI=1S/C10H18N6O2/c1-3-5-12-8-14-9(13-6-7(11)17)16-10(15-8)18-4-2/h3-6H2,1-2H3,(H2,11,17)(H2,12,13,14,15,16). The summed E-state index contributed by atoms with van der Waals surface area (Å²) in [5.74, 6) is 0.171. The molecular weight excluding hydrogens is 236 g/mol. The van der Waals surface area contributed by atoms with Gasteiger partial charge in [0.25, 0.3) is 0 Å². The van der Waals surface area contributed by atoms with Gasteiger partial charge in [0.05, 0.1) is 13.2 Å². The van der Waals surface area contributed by atoms with E-state index in [9.17, 15) is 4.79 Å². The average molecular weight is 254 g/mol. The molecule has 0 aliphatic carbocycles. The predicted octanol–water partition coefficient (Wildman–Crippen LogP) is -0.0106. The number of hydrogen-bond acceptors (Lipinski definition) is 7. The fourth-order valence-corrected chi connectivity index (χ4v) is 1.11. The number of amides is 1.